The lowest BCUT2D eigenvalue weighted by Gasteiger charge is -2.05. The molecule has 0 unspecified atom stereocenters. The summed E-state index contributed by atoms with van der Waals surface area (Å²) in [6, 6.07) is 7.51. The van der Waals surface area contributed by atoms with Crippen LogP contribution in [0.1, 0.15) is 18.3 Å². The highest BCUT2D eigenvalue weighted by Gasteiger charge is 2.08. The van der Waals surface area contributed by atoms with Crippen LogP contribution in [0.15, 0.2) is 29.4 Å². The van der Waals surface area contributed by atoms with E-state index in [4.69, 9.17) is 9.94 Å². The number of para-hydroxylation sites is 2. The molecule has 6 nitrogen and oxygen atoms in total. The average molecular weight is 259 g/mol. The summed E-state index contributed by atoms with van der Waals surface area (Å²) in [6.07, 6.45) is 0. The Hall–Kier alpha value is -2.50. The normalized spacial score (nSPS) is 11.6. The Morgan fingerprint density at radius 3 is 2.58 bits per heavy atom. The molecule has 0 bridgehead atoms. The molecule has 6 heteroatoms. The van der Waals surface area contributed by atoms with Crippen molar-refractivity contribution >= 4 is 22.7 Å². The third kappa shape index (κ3) is 3.04. The standard InChI is InChI=1S/C13H13N3O3/c1-8-13(9(2)16-19-7-12(17)18)15-11-6-4-3-5-10(11)14-8/h3-6H,7H2,1-2H3,(H,17,18)/b16-9+. The Balaban J connectivity index is 2.33. The fraction of sp³-hybridized carbons (Fsp3) is 0.231. The maximum Gasteiger partial charge on any atom is 0.344 e. The lowest BCUT2D eigenvalue weighted by molar-refractivity contribution is -0.142. The van der Waals surface area contributed by atoms with Crippen molar-refractivity contribution in [3.05, 3.63) is 35.7 Å². The number of carboxylic acids is 1. The quantitative estimate of drug-likeness (QED) is 0.668. The molecule has 0 atom stereocenters. The molecule has 0 aliphatic carbocycles. The van der Waals surface area contributed by atoms with Gasteiger partial charge in [-0.15, -0.1) is 0 Å². The summed E-state index contributed by atoms with van der Waals surface area (Å²) in [5.41, 5.74) is 3.39. The number of carboxylic acid groups (broad SMARTS) is 1. The molecule has 0 aliphatic rings. The second-order valence-electron chi connectivity index (χ2n) is 3.99. The molecule has 0 saturated heterocycles. The maximum absolute atomic E-state index is 10.3. The summed E-state index contributed by atoms with van der Waals surface area (Å²) in [5.74, 6) is -1.07. The number of nitrogens with zero attached hydrogens (tertiary/aromatic N) is 3. The molecule has 0 radical (unpaired) electrons. The predicted octanol–water partition coefficient (Wildman–Crippen LogP) is 1.76. The van der Waals surface area contributed by atoms with Crippen molar-refractivity contribution in [2.24, 2.45) is 5.16 Å². The number of carbonyl (C=O) groups is 1. The third-order valence-electron chi connectivity index (χ3n) is 2.48. The lowest BCUT2D eigenvalue weighted by Crippen LogP contribution is -2.08. The smallest absolute Gasteiger partial charge is 0.344 e. The Kier molecular flexibility index (Phi) is 3.70. The molecule has 0 fully saturated rings. The zero-order chi connectivity index (χ0) is 13.8. The van der Waals surface area contributed by atoms with Crippen molar-refractivity contribution in [1.82, 2.24) is 9.97 Å². The first kappa shape index (κ1) is 12.9. The van der Waals surface area contributed by atoms with Gasteiger partial charge in [0.25, 0.3) is 0 Å². The van der Waals surface area contributed by atoms with Crippen molar-refractivity contribution < 1.29 is 14.7 Å². The van der Waals surface area contributed by atoms with Gasteiger partial charge in [-0.3, -0.25) is 0 Å². The minimum atomic E-state index is -1.07. The SMILES string of the molecule is C/C(=N\OCC(=O)O)c1nc2ccccc2nc1C. The van der Waals surface area contributed by atoms with Gasteiger partial charge in [0.15, 0.2) is 0 Å². The lowest BCUT2D eigenvalue weighted by atomic mass is 10.2. The van der Waals surface area contributed by atoms with Gasteiger partial charge in [-0.2, -0.15) is 0 Å². The molecule has 1 aromatic heterocycles. The third-order valence-corrected chi connectivity index (χ3v) is 2.48. The summed E-state index contributed by atoms with van der Waals surface area (Å²) in [6.45, 7) is 3.05. The van der Waals surface area contributed by atoms with Crippen LogP contribution in [0.25, 0.3) is 11.0 Å². The molecular weight excluding hydrogens is 246 g/mol. The van der Waals surface area contributed by atoms with Crippen molar-refractivity contribution in [2.75, 3.05) is 6.61 Å². The molecule has 2 aromatic rings. The highest BCUT2D eigenvalue weighted by Crippen LogP contribution is 2.13. The number of aliphatic carboxylic acids is 1. The van der Waals surface area contributed by atoms with Gasteiger partial charge in [0.1, 0.15) is 11.4 Å². The van der Waals surface area contributed by atoms with Crippen LogP contribution in [0.3, 0.4) is 0 Å². The highest BCUT2D eigenvalue weighted by molar-refractivity contribution is 5.98. The van der Waals surface area contributed by atoms with E-state index in [-0.39, 0.29) is 0 Å². The van der Waals surface area contributed by atoms with E-state index in [1.54, 1.807) is 6.92 Å². The van der Waals surface area contributed by atoms with Crippen molar-refractivity contribution in [3.63, 3.8) is 0 Å². The minimum Gasteiger partial charge on any atom is -0.479 e. The number of benzene rings is 1. The van der Waals surface area contributed by atoms with Gasteiger partial charge < -0.3 is 9.94 Å². The summed E-state index contributed by atoms with van der Waals surface area (Å²) >= 11 is 0. The van der Waals surface area contributed by atoms with Gasteiger partial charge in [0.05, 0.1) is 16.7 Å². The van der Waals surface area contributed by atoms with Gasteiger partial charge in [-0.1, -0.05) is 17.3 Å². The van der Waals surface area contributed by atoms with Gasteiger partial charge in [-0.05, 0) is 26.0 Å². The number of oxime groups is 1. The first-order chi connectivity index (χ1) is 9.08. The fourth-order valence-corrected chi connectivity index (χ4v) is 1.66. The van der Waals surface area contributed by atoms with E-state index in [9.17, 15) is 4.79 Å². The first-order valence-corrected chi connectivity index (χ1v) is 5.70. The average Bonchev–Trinajstić information content (AvgIpc) is 2.37. The van der Waals surface area contributed by atoms with E-state index in [0.717, 1.165) is 16.7 Å². The van der Waals surface area contributed by atoms with E-state index >= 15 is 0 Å². The van der Waals surface area contributed by atoms with E-state index in [0.29, 0.717) is 11.4 Å². The molecule has 98 valence electrons. The maximum atomic E-state index is 10.3. The van der Waals surface area contributed by atoms with Crippen LogP contribution < -0.4 is 0 Å². The van der Waals surface area contributed by atoms with Gasteiger partial charge in [-0.25, -0.2) is 14.8 Å². The fourth-order valence-electron chi connectivity index (χ4n) is 1.66. The number of aryl methyl sites for hydroxylation is 1. The molecule has 0 saturated carbocycles. The summed E-state index contributed by atoms with van der Waals surface area (Å²) in [4.78, 5) is 23.9. The molecule has 1 N–H and O–H groups in total. The van der Waals surface area contributed by atoms with Crippen LogP contribution in [0.2, 0.25) is 0 Å². The Bertz CT molecular complexity index is 653. The number of hydrogen-bond acceptors (Lipinski definition) is 5. The van der Waals surface area contributed by atoms with E-state index in [2.05, 4.69) is 15.1 Å². The molecule has 19 heavy (non-hydrogen) atoms. The molecule has 0 spiro atoms. The molecule has 2 rings (SSSR count). The van der Waals surface area contributed by atoms with E-state index < -0.39 is 12.6 Å². The molecule has 0 aliphatic heterocycles. The van der Waals surface area contributed by atoms with Crippen LogP contribution in [0.5, 0.6) is 0 Å². The van der Waals surface area contributed by atoms with Gasteiger partial charge >= 0.3 is 5.97 Å². The second kappa shape index (κ2) is 5.43. The molecule has 1 heterocycles. The van der Waals surface area contributed by atoms with Crippen LogP contribution in [-0.2, 0) is 9.63 Å². The summed E-state index contributed by atoms with van der Waals surface area (Å²) < 4.78 is 0. The Morgan fingerprint density at radius 2 is 1.95 bits per heavy atom. The van der Waals surface area contributed by atoms with Crippen molar-refractivity contribution in [1.29, 1.82) is 0 Å². The molecule has 0 amide bonds. The largest absolute Gasteiger partial charge is 0.479 e. The number of hydrogen-bond donors (Lipinski definition) is 1. The van der Waals surface area contributed by atoms with Crippen LogP contribution in [0.4, 0.5) is 0 Å². The Morgan fingerprint density at radius 1 is 1.32 bits per heavy atom. The molecule has 1 aromatic carbocycles. The van der Waals surface area contributed by atoms with Crippen LogP contribution >= 0.6 is 0 Å². The topological polar surface area (TPSA) is 84.7 Å². The predicted molar refractivity (Wildman–Crippen MR) is 70.1 cm³/mol. The van der Waals surface area contributed by atoms with Crippen molar-refractivity contribution in [2.45, 2.75) is 13.8 Å². The van der Waals surface area contributed by atoms with Crippen LogP contribution in [0, 0.1) is 6.92 Å². The number of rotatable bonds is 4. The number of aromatic nitrogens is 2. The van der Waals surface area contributed by atoms with E-state index in [1.165, 1.54) is 0 Å². The zero-order valence-electron chi connectivity index (χ0n) is 10.6. The summed E-state index contributed by atoms with van der Waals surface area (Å²) in [7, 11) is 0. The van der Waals surface area contributed by atoms with Crippen molar-refractivity contribution in [3.8, 4) is 0 Å². The number of fused-ring (bicyclic) bond motifs is 1. The van der Waals surface area contributed by atoms with Gasteiger partial charge in [0.2, 0.25) is 6.61 Å². The Labute approximate surface area is 109 Å². The monoisotopic (exact) mass is 259 g/mol. The molecular formula is C13H13N3O3. The van der Waals surface area contributed by atoms with Crippen LogP contribution in [-0.4, -0.2) is 33.4 Å². The highest BCUT2D eigenvalue weighted by atomic mass is 16.6. The second-order valence-corrected chi connectivity index (χ2v) is 3.99. The van der Waals surface area contributed by atoms with Gasteiger partial charge in [0, 0.05) is 0 Å². The minimum absolute atomic E-state index is 0.475. The zero-order valence-corrected chi connectivity index (χ0v) is 10.6. The summed E-state index contributed by atoms with van der Waals surface area (Å²) in [5, 5.41) is 12.2. The van der Waals surface area contributed by atoms with E-state index in [1.807, 2.05) is 31.2 Å². The first-order valence-electron chi connectivity index (χ1n) is 5.70.